The average molecular weight is 431 g/mol. The number of carbonyl (C=O) groups is 2. The lowest BCUT2D eigenvalue weighted by molar-refractivity contribution is 0.0735. The van der Waals surface area contributed by atoms with Crippen LogP contribution in [0.1, 0.15) is 44.1 Å². The molecule has 1 aliphatic heterocycles. The van der Waals surface area contributed by atoms with Gasteiger partial charge in [-0.2, -0.15) is 0 Å². The van der Waals surface area contributed by atoms with Gasteiger partial charge in [0.15, 0.2) is 0 Å². The predicted octanol–water partition coefficient (Wildman–Crippen LogP) is 4.56. The number of carbonyl (C=O) groups excluding carboxylic acids is 2. The van der Waals surface area contributed by atoms with Gasteiger partial charge >= 0.3 is 0 Å². The van der Waals surface area contributed by atoms with E-state index in [1.54, 1.807) is 35.2 Å². The van der Waals surface area contributed by atoms with Crippen molar-refractivity contribution < 1.29 is 14.0 Å². The van der Waals surface area contributed by atoms with E-state index in [0.29, 0.717) is 27.8 Å². The first kappa shape index (κ1) is 19.5. The molecule has 6 nitrogen and oxygen atoms in total. The van der Waals surface area contributed by atoms with Gasteiger partial charge in [0, 0.05) is 22.8 Å². The van der Waals surface area contributed by atoms with Crippen LogP contribution >= 0.6 is 22.9 Å². The Morgan fingerprint density at radius 2 is 1.97 bits per heavy atom. The van der Waals surface area contributed by atoms with E-state index >= 15 is 0 Å². The Labute approximate surface area is 175 Å². The van der Waals surface area contributed by atoms with Crippen LogP contribution in [-0.4, -0.2) is 33.5 Å². The summed E-state index contributed by atoms with van der Waals surface area (Å²) in [4.78, 5) is 27.0. The van der Waals surface area contributed by atoms with Crippen LogP contribution in [0.5, 0.6) is 0 Å². The van der Waals surface area contributed by atoms with Gasteiger partial charge in [-0.1, -0.05) is 29.0 Å². The summed E-state index contributed by atoms with van der Waals surface area (Å²) in [5.74, 6) is -1.01. The van der Waals surface area contributed by atoms with Crippen LogP contribution in [0.15, 0.2) is 48.5 Å². The number of aromatic nitrogens is 2. The number of anilines is 1. The standard InChI is InChI=1S/C20H16ClFN4O2S/c21-13-8-6-12(7-9-13)20(28)26-10-2-5-16(26)18-24-25-19(29-18)17(27)23-15-4-1-3-14(22)11-15/h1,3-4,6-9,11,16H,2,5,10H2,(H,23,27). The van der Waals surface area contributed by atoms with Gasteiger partial charge in [0.1, 0.15) is 10.8 Å². The predicted molar refractivity (Wildman–Crippen MR) is 109 cm³/mol. The second-order valence-corrected chi connectivity index (χ2v) is 8.02. The molecule has 3 aromatic rings. The molecular formula is C20H16ClFN4O2S. The first-order valence-corrected chi connectivity index (χ1v) is 10.2. The number of halogens is 2. The first-order chi connectivity index (χ1) is 14.0. The maximum Gasteiger partial charge on any atom is 0.286 e. The van der Waals surface area contributed by atoms with E-state index in [1.807, 2.05) is 0 Å². The van der Waals surface area contributed by atoms with E-state index in [9.17, 15) is 14.0 Å². The Morgan fingerprint density at radius 3 is 2.72 bits per heavy atom. The fraction of sp³-hybridized carbons (Fsp3) is 0.200. The Hall–Kier alpha value is -2.84. The minimum atomic E-state index is -0.465. The molecule has 1 N–H and O–H groups in total. The van der Waals surface area contributed by atoms with Crippen LogP contribution in [-0.2, 0) is 0 Å². The zero-order valence-electron chi connectivity index (χ0n) is 15.1. The highest BCUT2D eigenvalue weighted by atomic mass is 35.5. The van der Waals surface area contributed by atoms with Gasteiger partial charge < -0.3 is 10.2 Å². The number of nitrogens with zero attached hydrogens (tertiary/aromatic N) is 3. The summed E-state index contributed by atoms with van der Waals surface area (Å²) in [6, 6.07) is 12.1. The third kappa shape index (κ3) is 4.28. The molecule has 2 heterocycles. The van der Waals surface area contributed by atoms with E-state index in [4.69, 9.17) is 11.6 Å². The molecule has 1 fully saturated rings. The summed E-state index contributed by atoms with van der Waals surface area (Å²) >= 11 is 7.04. The quantitative estimate of drug-likeness (QED) is 0.658. The highest BCUT2D eigenvalue weighted by Crippen LogP contribution is 2.35. The second kappa shape index (κ2) is 8.26. The molecule has 148 valence electrons. The summed E-state index contributed by atoms with van der Waals surface area (Å²) < 4.78 is 13.3. The highest BCUT2D eigenvalue weighted by molar-refractivity contribution is 7.13. The lowest BCUT2D eigenvalue weighted by Gasteiger charge is -2.22. The summed E-state index contributed by atoms with van der Waals surface area (Å²) in [7, 11) is 0. The van der Waals surface area contributed by atoms with Crippen molar-refractivity contribution in [3.63, 3.8) is 0 Å². The molecular weight excluding hydrogens is 415 g/mol. The van der Waals surface area contributed by atoms with E-state index in [-0.39, 0.29) is 17.0 Å². The van der Waals surface area contributed by atoms with Crippen molar-refractivity contribution >= 4 is 40.4 Å². The SMILES string of the molecule is O=C(Nc1cccc(F)c1)c1nnc(C2CCCN2C(=O)c2ccc(Cl)cc2)s1. The molecule has 9 heteroatoms. The van der Waals surface area contributed by atoms with Crippen molar-refractivity contribution in [1.29, 1.82) is 0 Å². The molecule has 1 aliphatic rings. The van der Waals surface area contributed by atoms with Gasteiger partial charge in [0.05, 0.1) is 6.04 Å². The second-order valence-electron chi connectivity index (χ2n) is 6.57. The Kier molecular flexibility index (Phi) is 5.55. The molecule has 1 saturated heterocycles. The van der Waals surface area contributed by atoms with E-state index in [0.717, 1.165) is 24.2 Å². The summed E-state index contributed by atoms with van der Waals surface area (Å²) in [5.41, 5.74) is 0.891. The van der Waals surface area contributed by atoms with Crippen LogP contribution in [0.25, 0.3) is 0 Å². The summed E-state index contributed by atoms with van der Waals surface area (Å²) in [5, 5.41) is 12.0. The smallest absolute Gasteiger partial charge is 0.286 e. The van der Waals surface area contributed by atoms with Gasteiger partial charge in [-0.05, 0) is 55.3 Å². The first-order valence-electron chi connectivity index (χ1n) is 8.98. The third-order valence-electron chi connectivity index (χ3n) is 4.61. The molecule has 29 heavy (non-hydrogen) atoms. The molecule has 0 saturated carbocycles. The number of likely N-dealkylation sites (tertiary alicyclic amines) is 1. The number of amides is 2. The Morgan fingerprint density at radius 1 is 1.17 bits per heavy atom. The fourth-order valence-corrected chi connectivity index (χ4v) is 4.25. The van der Waals surface area contributed by atoms with Gasteiger partial charge in [-0.25, -0.2) is 4.39 Å². The molecule has 0 radical (unpaired) electrons. The lowest BCUT2D eigenvalue weighted by atomic mass is 10.1. The van der Waals surface area contributed by atoms with Crippen LogP contribution < -0.4 is 5.32 Å². The van der Waals surface area contributed by atoms with Crippen molar-refractivity contribution in [2.45, 2.75) is 18.9 Å². The van der Waals surface area contributed by atoms with Crippen molar-refractivity contribution in [2.24, 2.45) is 0 Å². The molecule has 2 aromatic carbocycles. The number of benzene rings is 2. The van der Waals surface area contributed by atoms with Crippen molar-refractivity contribution in [2.75, 3.05) is 11.9 Å². The van der Waals surface area contributed by atoms with E-state index in [1.165, 1.54) is 18.2 Å². The van der Waals surface area contributed by atoms with Crippen LogP contribution in [0.2, 0.25) is 5.02 Å². The van der Waals surface area contributed by atoms with E-state index in [2.05, 4.69) is 15.5 Å². The Bertz CT molecular complexity index is 1060. The van der Waals surface area contributed by atoms with Crippen LogP contribution in [0.3, 0.4) is 0 Å². The molecule has 2 amide bonds. The van der Waals surface area contributed by atoms with Crippen molar-refractivity contribution in [3.8, 4) is 0 Å². The number of hydrogen-bond acceptors (Lipinski definition) is 5. The van der Waals surface area contributed by atoms with E-state index < -0.39 is 11.7 Å². The average Bonchev–Trinajstić information content (AvgIpc) is 3.37. The van der Waals surface area contributed by atoms with Crippen LogP contribution in [0, 0.1) is 5.82 Å². The third-order valence-corrected chi connectivity index (χ3v) is 5.88. The number of rotatable bonds is 4. The lowest BCUT2D eigenvalue weighted by Crippen LogP contribution is -2.30. The van der Waals surface area contributed by atoms with Gasteiger partial charge in [-0.15, -0.1) is 10.2 Å². The van der Waals surface area contributed by atoms with Crippen molar-refractivity contribution in [1.82, 2.24) is 15.1 Å². The zero-order chi connectivity index (χ0) is 20.4. The topological polar surface area (TPSA) is 75.2 Å². The minimum Gasteiger partial charge on any atom is -0.329 e. The molecule has 1 atom stereocenters. The molecule has 1 unspecified atom stereocenters. The molecule has 0 aliphatic carbocycles. The maximum atomic E-state index is 13.3. The summed E-state index contributed by atoms with van der Waals surface area (Å²) in [6.07, 6.45) is 1.59. The maximum absolute atomic E-state index is 13.3. The minimum absolute atomic E-state index is 0.106. The Balaban J connectivity index is 1.49. The number of nitrogens with one attached hydrogen (secondary N) is 1. The largest absolute Gasteiger partial charge is 0.329 e. The number of hydrogen-bond donors (Lipinski definition) is 1. The zero-order valence-corrected chi connectivity index (χ0v) is 16.7. The van der Waals surface area contributed by atoms with Crippen molar-refractivity contribution in [3.05, 3.63) is 74.9 Å². The summed E-state index contributed by atoms with van der Waals surface area (Å²) in [6.45, 7) is 0.608. The molecule has 4 rings (SSSR count). The molecule has 0 bridgehead atoms. The van der Waals surface area contributed by atoms with Gasteiger partial charge in [-0.3, -0.25) is 9.59 Å². The van der Waals surface area contributed by atoms with Gasteiger partial charge in [0.25, 0.3) is 11.8 Å². The van der Waals surface area contributed by atoms with Gasteiger partial charge in [0.2, 0.25) is 5.01 Å². The normalized spacial score (nSPS) is 16.1. The monoisotopic (exact) mass is 430 g/mol. The molecule has 0 spiro atoms. The fourth-order valence-electron chi connectivity index (χ4n) is 3.24. The van der Waals surface area contributed by atoms with Crippen LogP contribution in [0.4, 0.5) is 10.1 Å². The highest BCUT2D eigenvalue weighted by Gasteiger charge is 2.33. The molecule has 1 aromatic heterocycles.